The van der Waals surface area contributed by atoms with Gasteiger partial charge >= 0.3 is 0 Å². The smallest absolute Gasteiger partial charge is 0.261 e. The number of hydrogen-bond donors (Lipinski definition) is 0. The Kier molecular flexibility index (Phi) is 4.34. The van der Waals surface area contributed by atoms with E-state index in [1.54, 1.807) is 17.8 Å². The van der Waals surface area contributed by atoms with Crippen LogP contribution in [0, 0.1) is 12.8 Å². The minimum Gasteiger partial charge on any atom is -0.368 e. The van der Waals surface area contributed by atoms with E-state index in [4.69, 9.17) is 4.52 Å². The monoisotopic (exact) mass is 393 g/mol. The van der Waals surface area contributed by atoms with Gasteiger partial charge in [-0.1, -0.05) is 5.16 Å². The van der Waals surface area contributed by atoms with Crippen LogP contribution in [0.4, 0.5) is 5.69 Å². The number of nitrogens with zero attached hydrogens (tertiary/aromatic N) is 5. The van der Waals surface area contributed by atoms with Crippen molar-refractivity contribution in [2.75, 3.05) is 31.1 Å². The van der Waals surface area contributed by atoms with Gasteiger partial charge in [0.05, 0.1) is 23.4 Å². The minimum absolute atomic E-state index is 0.0351. The third-order valence-corrected chi connectivity index (χ3v) is 5.87. The average molecular weight is 393 g/mol. The first-order valence-electron chi connectivity index (χ1n) is 10.0. The molecule has 1 amide bonds. The zero-order valence-corrected chi connectivity index (χ0v) is 16.4. The predicted octanol–water partition coefficient (Wildman–Crippen LogP) is 2.07. The lowest BCUT2D eigenvalue weighted by Gasteiger charge is -2.36. The second-order valence-electron chi connectivity index (χ2n) is 7.92. The molecule has 3 heterocycles. The molecule has 8 heteroatoms. The summed E-state index contributed by atoms with van der Waals surface area (Å²) in [6, 6.07) is 5.83. The van der Waals surface area contributed by atoms with Crippen LogP contribution in [0.15, 0.2) is 40.0 Å². The Bertz CT molecular complexity index is 1120. The molecule has 0 bridgehead atoms. The second kappa shape index (κ2) is 7.02. The summed E-state index contributed by atoms with van der Waals surface area (Å²) in [5.41, 5.74) is 2.31. The zero-order chi connectivity index (χ0) is 20.0. The van der Waals surface area contributed by atoms with Gasteiger partial charge in [-0.3, -0.25) is 14.2 Å². The van der Waals surface area contributed by atoms with Gasteiger partial charge in [-0.2, -0.15) is 0 Å². The summed E-state index contributed by atoms with van der Waals surface area (Å²) >= 11 is 0. The van der Waals surface area contributed by atoms with Crippen molar-refractivity contribution in [1.29, 1.82) is 0 Å². The van der Waals surface area contributed by atoms with E-state index in [-0.39, 0.29) is 11.5 Å². The highest BCUT2D eigenvalue weighted by atomic mass is 16.5. The Labute approximate surface area is 167 Å². The number of aromatic nitrogens is 3. The molecule has 2 aromatic heterocycles. The molecule has 0 atom stereocenters. The Hall–Kier alpha value is -3.16. The van der Waals surface area contributed by atoms with Crippen molar-refractivity contribution in [3.8, 4) is 0 Å². The number of piperazine rings is 1. The lowest BCUT2D eigenvalue weighted by Crippen LogP contribution is -2.48. The van der Waals surface area contributed by atoms with E-state index in [0.717, 1.165) is 30.8 Å². The molecule has 29 heavy (non-hydrogen) atoms. The van der Waals surface area contributed by atoms with Crippen molar-refractivity contribution < 1.29 is 9.32 Å². The Morgan fingerprint density at radius 2 is 2.00 bits per heavy atom. The van der Waals surface area contributed by atoms with Gasteiger partial charge in [-0.05, 0) is 43.9 Å². The van der Waals surface area contributed by atoms with Crippen LogP contribution >= 0.6 is 0 Å². The largest absolute Gasteiger partial charge is 0.368 e. The minimum atomic E-state index is -0.0419. The van der Waals surface area contributed by atoms with Gasteiger partial charge in [0.2, 0.25) is 0 Å². The Morgan fingerprint density at radius 1 is 1.21 bits per heavy atom. The van der Waals surface area contributed by atoms with Crippen LogP contribution in [0.3, 0.4) is 0 Å². The maximum atomic E-state index is 12.7. The highest BCUT2D eigenvalue weighted by Gasteiger charge is 2.25. The normalized spacial score (nSPS) is 17.1. The summed E-state index contributed by atoms with van der Waals surface area (Å²) in [6.45, 7) is 5.21. The maximum absolute atomic E-state index is 12.7. The lowest BCUT2D eigenvalue weighted by atomic mass is 10.1. The van der Waals surface area contributed by atoms with E-state index < -0.39 is 0 Å². The van der Waals surface area contributed by atoms with Gasteiger partial charge in [-0.15, -0.1) is 0 Å². The molecule has 0 radical (unpaired) electrons. The molecule has 8 nitrogen and oxygen atoms in total. The van der Waals surface area contributed by atoms with Crippen LogP contribution < -0.4 is 10.5 Å². The van der Waals surface area contributed by atoms with Crippen LogP contribution in [0.5, 0.6) is 0 Å². The number of rotatable bonds is 4. The SMILES string of the molecule is Cc1oncc1C(=O)N1CCN(c2ccc3c(=O)n(CC4CC4)cnc3c2)CC1. The summed E-state index contributed by atoms with van der Waals surface area (Å²) in [5, 5.41) is 4.36. The standard InChI is InChI=1S/C21H23N5O3/c1-14-18(11-23-29-14)21(28)25-8-6-24(7-9-25)16-4-5-17-19(10-16)22-13-26(20(17)27)12-15-2-3-15/h4-5,10-11,13,15H,2-3,6-9,12H2,1H3. The predicted molar refractivity (Wildman–Crippen MR) is 108 cm³/mol. The summed E-state index contributed by atoms with van der Waals surface area (Å²) in [5.74, 6) is 1.14. The molecular formula is C21H23N5O3. The number of carbonyl (C=O) groups is 1. The number of carbonyl (C=O) groups excluding carboxylic acids is 1. The summed E-state index contributed by atoms with van der Waals surface area (Å²) in [4.78, 5) is 33.9. The first-order valence-corrected chi connectivity index (χ1v) is 10.0. The van der Waals surface area contributed by atoms with Crippen molar-refractivity contribution >= 4 is 22.5 Å². The molecule has 1 saturated carbocycles. The van der Waals surface area contributed by atoms with Gasteiger partial charge in [0.15, 0.2) is 0 Å². The van der Waals surface area contributed by atoms with Gasteiger partial charge < -0.3 is 14.3 Å². The van der Waals surface area contributed by atoms with E-state index in [1.165, 1.54) is 19.0 Å². The molecule has 2 fully saturated rings. The first-order chi connectivity index (χ1) is 14.1. The molecule has 0 N–H and O–H groups in total. The summed E-state index contributed by atoms with van der Waals surface area (Å²) in [7, 11) is 0. The van der Waals surface area contributed by atoms with E-state index >= 15 is 0 Å². The van der Waals surface area contributed by atoms with E-state index in [9.17, 15) is 9.59 Å². The summed E-state index contributed by atoms with van der Waals surface area (Å²) in [6.07, 6.45) is 5.56. The number of fused-ring (bicyclic) bond motifs is 1. The topological polar surface area (TPSA) is 84.5 Å². The molecule has 2 aliphatic rings. The highest BCUT2D eigenvalue weighted by molar-refractivity contribution is 5.95. The van der Waals surface area contributed by atoms with Crippen molar-refractivity contribution in [2.24, 2.45) is 5.92 Å². The van der Waals surface area contributed by atoms with Gasteiger partial charge in [0.25, 0.3) is 11.5 Å². The fourth-order valence-corrected chi connectivity index (χ4v) is 3.89. The molecule has 0 spiro atoms. The molecular weight excluding hydrogens is 370 g/mol. The van der Waals surface area contributed by atoms with Gasteiger partial charge in [0, 0.05) is 38.4 Å². The number of aryl methyl sites for hydroxylation is 1. The van der Waals surface area contributed by atoms with Crippen LogP contribution in [-0.4, -0.2) is 51.7 Å². The molecule has 1 aliphatic carbocycles. The van der Waals surface area contributed by atoms with Crippen LogP contribution in [-0.2, 0) is 6.54 Å². The third kappa shape index (κ3) is 3.39. The van der Waals surface area contributed by atoms with Crippen molar-refractivity contribution in [2.45, 2.75) is 26.3 Å². The van der Waals surface area contributed by atoms with Crippen LogP contribution in [0.2, 0.25) is 0 Å². The fraction of sp³-hybridized carbons (Fsp3) is 0.429. The van der Waals surface area contributed by atoms with Crippen molar-refractivity contribution in [3.63, 3.8) is 0 Å². The molecule has 1 saturated heterocycles. The van der Waals surface area contributed by atoms with Crippen molar-refractivity contribution in [3.05, 3.63) is 52.4 Å². The van der Waals surface area contributed by atoms with E-state index in [0.29, 0.717) is 35.7 Å². The number of amides is 1. The van der Waals surface area contributed by atoms with Gasteiger partial charge in [-0.25, -0.2) is 4.98 Å². The summed E-state index contributed by atoms with van der Waals surface area (Å²) < 4.78 is 6.74. The fourth-order valence-electron chi connectivity index (χ4n) is 3.89. The van der Waals surface area contributed by atoms with E-state index in [2.05, 4.69) is 15.0 Å². The van der Waals surface area contributed by atoms with Crippen LogP contribution in [0.1, 0.15) is 29.0 Å². The molecule has 5 rings (SSSR count). The zero-order valence-electron chi connectivity index (χ0n) is 16.4. The average Bonchev–Trinajstić information content (AvgIpc) is 3.47. The van der Waals surface area contributed by atoms with Gasteiger partial charge in [0.1, 0.15) is 11.3 Å². The third-order valence-electron chi connectivity index (χ3n) is 5.87. The van der Waals surface area contributed by atoms with Crippen LogP contribution in [0.25, 0.3) is 10.9 Å². The molecule has 1 aromatic carbocycles. The molecule has 0 unspecified atom stereocenters. The Balaban J connectivity index is 1.31. The first kappa shape index (κ1) is 17.9. The molecule has 1 aliphatic heterocycles. The second-order valence-corrected chi connectivity index (χ2v) is 7.92. The number of hydrogen-bond acceptors (Lipinski definition) is 6. The quantitative estimate of drug-likeness (QED) is 0.675. The molecule has 3 aromatic rings. The lowest BCUT2D eigenvalue weighted by molar-refractivity contribution is 0.0745. The van der Waals surface area contributed by atoms with Crippen molar-refractivity contribution in [1.82, 2.24) is 19.6 Å². The maximum Gasteiger partial charge on any atom is 0.261 e. The number of benzene rings is 1. The molecule has 150 valence electrons. The highest BCUT2D eigenvalue weighted by Crippen LogP contribution is 2.30. The Morgan fingerprint density at radius 3 is 2.69 bits per heavy atom. The number of anilines is 1. The van der Waals surface area contributed by atoms with E-state index in [1.807, 2.05) is 23.1 Å².